The Kier molecular flexibility index (Phi) is 6.11. The fraction of sp³-hybridized carbons (Fsp3) is 0.150. The molecule has 0 bridgehead atoms. The summed E-state index contributed by atoms with van der Waals surface area (Å²) in [4.78, 5) is 19.7. The second kappa shape index (κ2) is 9.00. The summed E-state index contributed by atoms with van der Waals surface area (Å²) in [5, 5.41) is 18.3. The van der Waals surface area contributed by atoms with Crippen molar-refractivity contribution in [2.45, 2.75) is 6.36 Å². The second-order valence-corrected chi connectivity index (χ2v) is 7.06. The fourth-order valence-electron chi connectivity index (χ4n) is 2.92. The zero-order valence-corrected chi connectivity index (χ0v) is 17.3. The molecule has 2 aromatic carbocycles. The lowest BCUT2D eigenvalue weighted by Gasteiger charge is -2.08. The van der Waals surface area contributed by atoms with Gasteiger partial charge in [-0.3, -0.25) is 9.89 Å². The molecule has 172 valence electrons. The lowest BCUT2D eigenvalue weighted by molar-refractivity contribution is -0.274. The largest absolute Gasteiger partial charge is 0.573 e. The zero-order valence-electron chi connectivity index (χ0n) is 16.5. The molecule has 2 aromatic heterocycles. The van der Waals surface area contributed by atoms with Crippen LogP contribution in [-0.2, 0) is 0 Å². The van der Waals surface area contributed by atoms with Crippen molar-refractivity contribution in [3.8, 4) is 23.0 Å². The number of carbonyl (C=O) groups excluding carboxylic acids is 1. The Morgan fingerprint density at radius 3 is 2.73 bits per heavy atom. The summed E-state index contributed by atoms with van der Waals surface area (Å²) >= 11 is 6.09. The van der Waals surface area contributed by atoms with Gasteiger partial charge in [-0.2, -0.15) is 5.10 Å². The highest BCUT2D eigenvalue weighted by atomic mass is 35.5. The number of halogens is 4. The van der Waals surface area contributed by atoms with E-state index < -0.39 is 18.0 Å². The predicted octanol–water partition coefficient (Wildman–Crippen LogP) is 4.13. The van der Waals surface area contributed by atoms with Gasteiger partial charge in [0.05, 0.1) is 22.7 Å². The molecule has 0 saturated heterocycles. The lowest BCUT2D eigenvalue weighted by Crippen LogP contribution is -2.16. The normalized spacial score (nSPS) is 11.5. The van der Waals surface area contributed by atoms with Crippen molar-refractivity contribution < 1.29 is 32.5 Å². The van der Waals surface area contributed by atoms with Gasteiger partial charge < -0.3 is 24.9 Å². The van der Waals surface area contributed by atoms with Crippen LogP contribution in [-0.4, -0.2) is 50.8 Å². The second-order valence-electron chi connectivity index (χ2n) is 6.65. The highest BCUT2D eigenvalue weighted by Crippen LogP contribution is 2.28. The minimum atomic E-state index is -4.81. The average Bonchev–Trinajstić information content (AvgIpc) is 3.38. The molecule has 4 aromatic rings. The maximum Gasteiger partial charge on any atom is 0.573 e. The van der Waals surface area contributed by atoms with E-state index in [1.165, 1.54) is 36.4 Å². The van der Waals surface area contributed by atoms with Crippen molar-refractivity contribution in [2.24, 2.45) is 0 Å². The molecular formula is C20H15ClF3N5O4. The monoisotopic (exact) mass is 481 g/mol. The Morgan fingerprint density at radius 1 is 1.18 bits per heavy atom. The van der Waals surface area contributed by atoms with Gasteiger partial charge in [0.2, 0.25) is 0 Å². The number of fused-ring (bicyclic) bond motifs is 1. The van der Waals surface area contributed by atoms with Crippen molar-refractivity contribution in [2.75, 3.05) is 18.5 Å². The Labute approximate surface area is 188 Å². The first kappa shape index (κ1) is 22.4. The summed E-state index contributed by atoms with van der Waals surface area (Å²) in [6, 6.07) is 9.65. The van der Waals surface area contributed by atoms with E-state index in [9.17, 15) is 18.0 Å². The first-order chi connectivity index (χ1) is 15.7. The molecule has 0 fully saturated rings. The van der Waals surface area contributed by atoms with Crippen molar-refractivity contribution in [3.63, 3.8) is 0 Å². The van der Waals surface area contributed by atoms with Gasteiger partial charge in [0.1, 0.15) is 23.8 Å². The maximum atomic E-state index is 12.5. The van der Waals surface area contributed by atoms with Gasteiger partial charge in [-0.25, -0.2) is 4.98 Å². The third-order valence-corrected chi connectivity index (χ3v) is 4.60. The molecule has 1 amide bonds. The SMILES string of the molecule is O=C(Nc1cc(-c2nc3cc(OC(F)(F)F)ccc3[nH]2)[nH]n1)c1ccc(OCCO)c(Cl)c1. The molecule has 0 atom stereocenters. The number of hydrogen-bond acceptors (Lipinski definition) is 6. The molecule has 0 radical (unpaired) electrons. The van der Waals surface area contributed by atoms with E-state index >= 15 is 0 Å². The van der Waals surface area contributed by atoms with Gasteiger partial charge in [0.15, 0.2) is 11.6 Å². The first-order valence-corrected chi connectivity index (χ1v) is 9.75. The summed E-state index contributed by atoms with van der Waals surface area (Å²) in [6.45, 7) is -0.104. The van der Waals surface area contributed by atoms with Crippen molar-refractivity contribution in [1.29, 1.82) is 0 Å². The molecule has 4 rings (SSSR count). The van der Waals surface area contributed by atoms with Gasteiger partial charge >= 0.3 is 6.36 Å². The maximum absolute atomic E-state index is 12.5. The van der Waals surface area contributed by atoms with E-state index in [4.69, 9.17) is 21.4 Å². The van der Waals surface area contributed by atoms with Crippen molar-refractivity contribution >= 4 is 34.4 Å². The van der Waals surface area contributed by atoms with Gasteiger partial charge in [-0.1, -0.05) is 11.6 Å². The van der Waals surface area contributed by atoms with Gasteiger partial charge in [-0.15, -0.1) is 13.2 Å². The number of carbonyl (C=O) groups is 1. The topological polar surface area (TPSA) is 125 Å². The Hall–Kier alpha value is -3.77. The summed E-state index contributed by atoms with van der Waals surface area (Å²) < 4.78 is 46.4. The first-order valence-electron chi connectivity index (χ1n) is 9.38. The molecule has 0 aliphatic rings. The minimum absolute atomic E-state index is 0.0692. The number of aliphatic hydroxyl groups is 1. The number of H-pyrrole nitrogens is 2. The number of aromatic amines is 2. The molecule has 4 N–H and O–H groups in total. The quantitative estimate of drug-likeness (QED) is 0.314. The smallest absolute Gasteiger partial charge is 0.490 e. The Morgan fingerprint density at radius 2 is 2.00 bits per heavy atom. The van der Waals surface area contributed by atoms with E-state index in [1.54, 1.807) is 0 Å². The van der Waals surface area contributed by atoms with Crippen LogP contribution < -0.4 is 14.8 Å². The standard InChI is InChI=1S/C20H15ClF3N5O4/c21-12-7-10(1-4-16(12)32-6-5-30)19(31)27-17-9-15(28-29-17)18-25-13-3-2-11(8-14(13)26-18)33-20(22,23)24/h1-4,7-9,30H,5-6H2,(H,25,26)(H2,27,28,29,31). The number of alkyl halides is 3. The number of nitrogens with zero attached hydrogens (tertiary/aromatic N) is 2. The van der Waals surface area contributed by atoms with E-state index in [2.05, 4.69) is 30.2 Å². The van der Waals surface area contributed by atoms with E-state index in [1.807, 2.05) is 0 Å². The van der Waals surface area contributed by atoms with Crippen LogP contribution in [0.25, 0.3) is 22.6 Å². The van der Waals surface area contributed by atoms with Crippen molar-refractivity contribution in [1.82, 2.24) is 20.2 Å². The Balaban J connectivity index is 1.48. The van der Waals surface area contributed by atoms with Crippen molar-refractivity contribution in [3.05, 3.63) is 53.1 Å². The Bertz CT molecular complexity index is 1300. The molecule has 0 saturated carbocycles. The van der Waals surface area contributed by atoms with E-state index in [-0.39, 0.29) is 35.1 Å². The van der Waals surface area contributed by atoms with E-state index in [0.29, 0.717) is 22.8 Å². The molecule has 0 unspecified atom stereocenters. The number of imidazole rings is 1. The van der Waals surface area contributed by atoms with Crippen LogP contribution in [0.15, 0.2) is 42.5 Å². The fourth-order valence-corrected chi connectivity index (χ4v) is 3.16. The molecule has 0 spiro atoms. The molecule has 33 heavy (non-hydrogen) atoms. The minimum Gasteiger partial charge on any atom is -0.490 e. The number of rotatable bonds is 7. The molecule has 2 heterocycles. The van der Waals surface area contributed by atoms with E-state index in [0.717, 1.165) is 6.07 Å². The predicted molar refractivity (Wildman–Crippen MR) is 112 cm³/mol. The molecule has 13 heteroatoms. The number of benzene rings is 2. The summed E-state index contributed by atoms with van der Waals surface area (Å²) in [5.41, 5.74) is 1.38. The highest BCUT2D eigenvalue weighted by Gasteiger charge is 2.31. The number of aromatic nitrogens is 4. The van der Waals surface area contributed by atoms with Crippen LogP contribution in [0.3, 0.4) is 0 Å². The highest BCUT2D eigenvalue weighted by molar-refractivity contribution is 6.32. The van der Waals surface area contributed by atoms with Crippen LogP contribution in [0.4, 0.5) is 19.0 Å². The summed E-state index contributed by atoms with van der Waals surface area (Å²) in [5.74, 6) is -0.0545. The molecular weight excluding hydrogens is 467 g/mol. The van der Waals surface area contributed by atoms with Crippen LogP contribution in [0.2, 0.25) is 5.02 Å². The van der Waals surface area contributed by atoms with Gasteiger partial charge in [0.25, 0.3) is 5.91 Å². The number of anilines is 1. The third kappa shape index (κ3) is 5.35. The van der Waals surface area contributed by atoms with Crippen LogP contribution in [0.5, 0.6) is 11.5 Å². The zero-order chi connectivity index (χ0) is 23.6. The van der Waals surface area contributed by atoms with Crippen LogP contribution in [0.1, 0.15) is 10.4 Å². The van der Waals surface area contributed by atoms with Crippen LogP contribution >= 0.6 is 11.6 Å². The number of ether oxygens (including phenoxy) is 2. The number of aliphatic hydroxyl groups excluding tert-OH is 1. The number of nitrogens with one attached hydrogen (secondary N) is 3. The molecule has 0 aliphatic heterocycles. The average molecular weight is 482 g/mol. The van der Waals surface area contributed by atoms with Gasteiger partial charge in [0, 0.05) is 17.7 Å². The van der Waals surface area contributed by atoms with Crippen LogP contribution in [0, 0.1) is 0 Å². The summed E-state index contributed by atoms with van der Waals surface area (Å²) in [6.07, 6.45) is -4.81. The molecule has 0 aliphatic carbocycles. The molecule has 9 nitrogen and oxygen atoms in total. The summed E-state index contributed by atoms with van der Waals surface area (Å²) in [7, 11) is 0. The number of hydrogen-bond donors (Lipinski definition) is 4. The number of amides is 1. The lowest BCUT2D eigenvalue weighted by atomic mass is 10.2. The third-order valence-electron chi connectivity index (χ3n) is 4.31. The van der Waals surface area contributed by atoms with Gasteiger partial charge in [-0.05, 0) is 30.3 Å².